The number of aliphatic hydroxyl groups is 1. The lowest BCUT2D eigenvalue weighted by Gasteiger charge is -2.21. The van der Waals surface area contributed by atoms with Crippen molar-refractivity contribution in [2.24, 2.45) is 0 Å². The Hall–Kier alpha value is -1.94. The molecular weight excluding hydrogens is 248 g/mol. The Morgan fingerprint density at radius 3 is 2.11 bits per heavy atom. The van der Waals surface area contributed by atoms with E-state index in [0.717, 1.165) is 17.7 Å². The summed E-state index contributed by atoms with van der Waals surface area (Å²) in [6.45, 7) is 0.0314. The minimum absolute atomic E-state index is 0.0824. The van der Waals surface area contributed by atoms with Gasteiger partial charge in [0.05, 0.1) is 6.61 Å². The number of rotatable bonds is 4. The molecule has 0 amide bonds. The summed E-state index contributed by atoms with van der Waals surface area (Å²) in [6.07, 6.45) is 0. The molecule has 0 aliphatic rings. The van der Waals surface area contributed by atoms with Crippen molar-refractivity contribution in [3.05, 3.63) is 65.2 Å². The lowest BCUT2D eigenvalue weighted by Crippen LogP contribution is -2.19. The van der Waals surface area contributed by atoms with Crippen LogP contribution in [-0.2, 0) is 13.2 Å². The summed E-state index contributed by atoms with van der Waals surface area (Å²) in [7, 11) is 1.63. The van der Waals surface area contributed by atoms with Gasteiger partial charge in [-0.3, -0.25) is 0 Å². The van der Waals surface area contributed by atoms with Crippen molar-refractivity contribution in [2.75, 3.05) is 11.9 Å². The molecule has 0 atom stereocenters. The minimum Gasteiger partial charge on any atom is -0.392 e. The van der Waals surface area contributed by atoms with Crippen LogP contribution < -0.4 is 4.90 Å². The van der Waals surface area contributed by atoms with E-state index in [1.165, 1.54) is 4.90 Å². The maximum absolute atomic E-state index is 13.9. The van der Waals surface area contributed by atoms with Crippen molar-refractivity contribution >= 4 is 5.69 Å². The molecule has 0 heterocycles. The highest BCUT2D eigenvalue weighted by Gasteiger charge is 2.15. The second kappa shape index (κ2) is 5.80. The average Bonchev–Trinajstić information content (AvgIpc) is 2.38. The molecule has 0 radical (unpaired) electrons. The van der Waals surface area contributed by atoms with Gasteiger partial charge >= 0.3 is 0 Å². The van der Waals surface area contributed by atoms with Crippen LogP contribution in [-0.4, -0.2) is 12.2 Å². The number of anilines is 1. The van der Waals surface area contributed by atoms with Crippen LogP contribution in [0.2, 0.25) is 0 Å². The maximum atomic E-state index is 13.9. The third-order valence-electron chi connectivity index (χ3n) is 2.90. The molecule has 0 aliphatic carbocycles. The fraction of sp³-hybridized carbons (Fsp3) is 0.200. The first kappa shape index (κ1) is 13.5. The second-order valence-corrected chi connectivity index (χ2v) is 4.41. The van der Waals surface area contributed by atoms with E-state index in [-0.39, 0.29) is 17.9 Å². The highest BCUT2D eigenvalue weighted by atomic mass is 19.1. The van der Waals surface area contributed by atoms with Gasteiger partial charge in [-0.05, 0) is 23.3 Å². The molecule has 2 nitrogen and oxygen atoms in total. The zero-order chi connectivity index (χ0) is 13.8. The fourth-order valence-corrected chi connectivity index (χ4v) is 2.01. The predicted molar refractivity (Wildman–Crippen MR) is 70.8 cm³/mol. The van der Waals surface area contributed by atoms with Gasteiger partial charge in [0.15, 0.2) is 0 Å². The number of hydrogen-bond acceptors (Lipinski definition) is 2. The fourth-order valence-electron chi connectivity index (χ4n) is 2.01. The van der Waals surface area contributed by atoms with Crippen molar-refractivity contribution in [1.29, 1.82) is 0 Å². The Bertz CT molecular complexity index is 534. The van der Waals surface area contributed by atoms with Gasteiger partial charge in [-0.1, -0.05) is 30.3 Å². The zero-order valence-electron chi connectivity index (χ0n) is 10.6. The Kier molecular flexibility index (Phi) is 4.12. The van der Waals surface area contributed by atoms with Crippen molar-refractivity contribution in [3.8, 4) is 0 Å². The molecule has 0 unspecified atom stereocenters. The molecule has 0 saturated heterocycles. The third-order valence-corrected chi connectivity index (χ3v) is 2.90. The van der Waals surface area contributed by atoms with Gasteiger partial charge in [0, 0.05) is 13.6 Å². The van der Waals surface area contributed by atoms with Crippen molar-refractivity contribution in [3.63, 3.8) is 0 Å². The van der Waals surface area contributed by atoms with Crippen LogP contribution in [0.15, 0.2) is 42.5 Å². The van der Waals surface area contributed by atoms with Crippen molar-refractivity contribution in [2.45, 2.75) is 13.2 Å². The summed E-state index contributed by atoms with van der Waals surface area (Å²) >= 11 is 0. The molecule has 0 aliphatic heterocycles. The Balaban J connectivity index is 2.26. The summed E-state index contributed by atoms with van der Waals surface area (Å²) in [5.74, 6) is -1.33. The van der Waals surface area contributed by atoms with Crippen LogP contribution in [0.1, 0.15) is 11.1 Å². The van der Waals surface area contributed by atoms with Gasteiger partial charge in [0.2, 0.25) is 0 Å². The summed E-state index contributed by atoms with van der Waals surface area (Å²) in [6, 6.07) is 11.7. The molecule has 2 aromatic carbocycles. The molecular formula is C15H15F2NO. The lowest BCUT2D eigenvalue weighted by atomic mass is 10.1. The monoisotopic (exact) mass is 263 g/mol. The normalized spacial score (nSPS) is 10.5. The van der Waals surface area contributed by atoms with Crippen LogP contribution >= 0.6 is 0 Å². The van der Waals surface area contributed by atoms with E-state index in [2.05, 4.69) is 0 Å². The van der Waals surface area contributed by atoms with Crippen LogP contribution in [0.4, 0.5) is 14.5 Å². The summed E-state index contributed by atoms with van der Waals surface area (Å²) in [5, 5.41) is 8.90. The van der Waals surface area contributed by atoms with E-state index in [1.54, 1.807) is 7.05 Å². The lowest BCUT2D eigenvalue weighted by molar-refractivity contribution is 0.280. The van der Waals surface area contributed by atoms with E-state index >= 15 is 0 Å². The molecule has 1 N–H and O–H groups in total. The summed E-state index contributed by atoms with van der Waals surface area (Å²) < 4.78 is 27.7. The topological polar surface area (TPSA) is 23.5 Å². The molecule has 0 saturated carbocycles. The van der Waals surface area contributed by atoms with E-state index in [1.807, 2.05) is 30.3 Å². The van der Waals surface area contributed by atoms with Crippen LogP contribution in [0.25, 0.3) is 0 Å². The first-order valence-corrected chi connectivity index (χ1v) is 5.95. The highest BCUT2D eigenvalue weighted by molar-refractivity contribution is 5.50. The zero-order valence-corrected chi connectivity index (χ0v) is 10.6. The van der Waals surface area contributed by atoms with E-state index in [0.29, 0.717) is 6.54 Å². The first-order chi connectivity index (χ1) is 9.11. The number of aliphatic hydroxyl groups excluding tert-OH is 1. The quantitative estimate of drug-likeness (QED) is 0.916. The number of benzene rings is 2. The van der Waals surface area contributed by atoms with Crippen LogP contribution in [0.5, 0.6) is 0 Å². The third kappa shape index (κ3) is 3.09. The second-order valence-electron chi connectivity index (χ2n) is 4.41. The predicted octanol–water partition coefficient (Wildman–Crippen LogP) is 3.09. The summed E-state index contributed by atoms with van der Waals surface area (Å²) in [5.41, 5.74) is 1.11. The largest absolute Gasteiger partial charge is 0.392 e. The first-order valence-electron chi connectivity index (χ1n) is 5.95. The minimum atomic E-state index is -0.664. The molecule has 0 spiro atoms. The van der Waals surface area contributed by atoms with E-state index in [4.69, 9.17) is 5.11 Å². The van der Waals surface area contributed by atoms with Crippen LogP contribution in [0, 0.1) is 11.6 Å². The van der Waals surface area contributed by atoms with E-state index < -0.39 is 11.6 Å². The van der Waals surface area contributed by atoms with Gasteiger partial charge in [0.25, 0.3) is 0 Å². The number of hydrogen-bond donors (Lipinski definition) is 1. The SMILES string of the molecule is CN(Cc1ccccc1)c1c(F)cc(CO)cc1F. The van der Waals surface area contributed by atoms with Gasteiger partial charge in [0.1, 0.15) is 17.3 Å². The average molecular weight is 263 g/mol. The molecule has 100 valence electrons. The maximum Gasteiger partial charge on any atom is 0.149 e. The molecule has 4 heteroatoms. The van der Waals surface area contributed by atoms with Crippen molar-refractivity contribution in [1.82, 2.24) is 0 Å². The standard InChI is InChI=1S/C15H15F2NO/c1-18(9-11-5-3-2-4-6-11)15-13(16)7-12(10-19)8-14(15)17/h2-8,19H,9-10H2,1H3. The number of halogens is 2. The Morgan fingerprint density at radius 2 is 1.58 bits per heavy atom. The smallest absolute Gasteiger partial charge is 0.149 e. The van der Waals surface area contributed by atoms with Gasteiger partial charge < -0.3 is 10.0 Å². The molecule has 2 rings (SSSR count). The van der Waals surface area contributed by atoms with Crippen LogP contribution in [0.3, 0.4) is 0 Å². The highest BCUT2D eigenvalue weighted by Crippen LogP contribution is 2.25. The molecule has 19 heavy (non-hydrogen) atoms. The molecule has 0 aromatic heterocycles. The molecule has 0 bridgehead atoms. The number of nitrogens with zero attached hydrogens (tertiary/aromatic N) is 1. The van der Waals surface area contributed by atoms with E-state index in [9.17, 15) is 8.78 Å². The molecule has 2 aromatic rings. The Morgan fingerprint density at radius 1 is 1.00 bits per heavy atom. The van der Waals surface area contributed by atoms with Gasteiger partial charge in [-0.25, -0.2) is 8.78 Å². The molecule has 0 fully saturated rings. The van der Waals surface area contributed by atoms with Gasteiger partial charge in [-0.15, -0.1) is 0 Å². The summed E-state index contributed by atoms with van der Waals surface area (Å²) in [4.78, 5) is 1.52. The van der Waals surface area contributed by atoms with Gasteiger partial charge in [-0.2, -0.15) is 0 Å². The Labute approximate surface area is 110 Å². The van der Waals surface area contributed by atoms with Crippen molar-refractivity contribution < 1.29 is 13.9 Å².